The number of ether oxygens (including phenoxy) is 1. The number of aromatic nitrogens is 2. The van der Waals surface area contributed by atoms with Gasteiger partial charge in [-0.1, -0.05) is 0 Å². The summed E-state index contributed by atoms with van der Waals surface area (Å²) in [5.41, 5.74) is 1.17. The number of ketones is 1. The topological polar surface area (TPSA) is 105 Å². The largest absolute Gasteiger partial charge is 0.444 e. The molecule has 0 spiro atoms. The molecule has 264 valence electrons. The van der Waals surface area contributed by atoms with Gasteiger partial charge in [-0.2, -0.15) is 0 Å². The molecule has 1 unspecified atom stereocenters. The number of carbonyl (C=O) groups is 4. The SMILES string of the molecule is CCN(C(=O)c1cc(F)ccc1-n1cc(C(=O)C2CCN(C(=O)[C@@H]3[C@H]4CCC(C4)N3C(=O)OC(C)(C)C)CC2)c2ccncc21)C(C)C.F. The first-order chi connectivity index (χ1) is 22.8. The number of piperidine rings is 2. The van der Waals surface area contributed by atoms with E-state index in [1.165, 1.54) is 12.1 Å². The average Bonchev–Trinajstić information content (AvgIpc) is 3.77. The van der Waals surface area contributed by atoms with E-state index in [1.54, 1.807) is 45.1 Å². The van der Waals surface area contributed by atoms with Crippen LogP contribution in [0.2, 0.25) is 0 Å². The number of carbonyl (C=O) groups excluding carboxylic acids is 4. The van der Waals surface area contributed by atoms with Crippen LogP contribution in [0.1, 0.15) is 94.4 Å². The van der Waals surface area contributed by atoms with Crippen molar-refractivity contribution in [3.05, 3.63) is 59.8 Å². The fourth-order valence-electron chi connectivity index (χ4n) is 7.91. The molecule has 4 heterocycles. The van der Waals surface area contributed by atoms with Gasteiger partial charge >= 0.3 is 6.09 Å². The number of benzene rings is 1. The molecule has 2 saturated heterocycles. The predicted octanol–water partition coefficient (Wildman–Crippen LogP) is 6.40. The summed E-state index contributed by atoms with van der Waals surface area (Å²) in [5, 5.41) is 0.697. The van der Waals surface area contributed by atoms with E-state index >= 15 is 0 Å². The van der Waals surface area contributed by atoms with Gasteiger partial charge in [-0.25, -0.2) is 9.18 Å². The van der Waals surface area contributed by atoms with Crippen molar-refractivity contribution in [1.29, 1.82) is 0 Å². The predicted molar refractivity (Wildman–Crippen MR) is 182 cm³/mol. The van der Waals surface area contributed by atoms with Crippen LogP contribution in [0.3, 0.4) is 0 Å². The molecule has 2 aliphatic heterocycles. The van der Waals surface area contributed by atoms with Gasteiger partial charge in [0.2, 0.25) is 5.91 Å². The van der Waals surface area contributed by atoms with Gasteiger partial charge in [-0.15, -0.1) is 0 Å². The molecule has 10 nitrogen and oxygen atoms in total. The molecule has 3 fully saturated rings. The van der Waals surface area contributed by atoms with Gasteiger partial charge < -0.3 is 19.1 Å². The van der Waals surface area contributed by atoms with Crippen LogP contribution in [-0.2, 0) is 9.53 Å². The first-order valence-electron chi connectivity index (χ1n) is 17.2. The molecule has 1 saturated carbocycles. The van der Waals surface area contributed by atoms with Crippen molar-refractivity contribution in [2.75, 3.05) is 19.6 Å². The van der Waals surface area contributed by atoms with E-state index in [1.807, 2.05) is 46.4 Å². The zero-order chi connectivity index (χ0) is 34.5. The molecule has 12 heteroatoms. The molecular formula is C37H47F2N5O5. The minimum Gasteiger partial charge on any atom is -0.444 e. The highest BCUT2D eigenvalue weighted by atomic mass is 19.1. The fraction of sp³-hybridized carbons (Fsp3) is 0.541. The molecule has 49 heavy (non-hydrogen) atoms. The maximum Gasteiger partial charge on any atom is 0.411 e. The standard InChI is InChI=1S/C37H46FN5O5.FH/c1-7-41(22(2)3)34(45)28-19-25(38)9-11-30(28)42-21-29(27-12-15-39-20-31(27)42)33(44)23-13-16-40(17-14-23)35(46)32-24-8-10-26(18-24)43(32)36(47)48-37(4,5)6;/h9,11-12,15,19-24,26,32H,7-8,10,13-14,16-18H2,1-6H3;1H/t24-,26?,32-;/m0./s1. The Morgan fingerprint density at radius 2 is 1.76 bits per heavy atom. The van der Waals surface area contributed by atoms with E-state index in [2.05, 4.69) is 4.98 Å². The third-order valence-electron chi connectivity index (χ3n) is 10.2. The minimum absolute atomic E-state index is 0. The lowest BCUT2D eigenvalue weighted by Crippen LogP contribution is -2.56. The number of rotatable bonds is 7. The maximum absolute atomic E-state index is 14.5. The van der Waals surface area contributed by atoms with Crippen LogP contribution in [0.4, 0.5) is 13.9 Å². The second-order valence-corrected chi connectivity index (χ2v) is 14.7. The summed E-state index contributed by atoms with van der Waals surface area (Å²) in [4.78, 5) is 64.3. The Hall–Kier alpha value is -4.35. The van der Waals surface area contributed by atoms with Gasteiger partial charge in [-0.3, -0.25) is 29.0 Å². The second kappa shape index (κ2) is 13.9. The van der Waals surface area contributed by atoms with Crippen molar-refractivity contribution in [2.24, 2.45) is 11.8 Å². The summed E-state index contributed by atoms with van der Waals surface area (Å²) in [6.07, 6.45) is 8.20. The van der Waals surface area contributed by atoms with Gasteiger partial charge in [0.25, 0.3) is 5.91 Å². The van der Waals surface area contributed by atoms with Gasteiger partial charge in [0, 0.05) is 61.0 Å². The molecule has 6 rings (SSSR count). The molecule has 2 bridgehead atoms. The van der Waals surface area contributed by atoms with E-state index in [9.17, 15) is 23.6 Å². The van der Waals surface area contributed by atoms with E-state index in [-0.39, 0.29) is 51.8 Å². The van der Waals surface area contributed by atoms with E-state index < -0.39 is 23.6 Å². The smallest absolute Gasteiger partial charge is 0.411 e. The van der Waals surface area contributed by atoms with Crippen LogP contribution < -0.4 is 0 Å². The van der Waals surface area contributed by atoms with Crippen molar-refractivity contribution >= 4 is 34.6 Å². The number of likely N-dealkylation sites (tertiary alicyclic amines) is 2. The lowest BCUT2D eigenvalue weighted by Gasteiger charge is -2.39. The number of Topliss-reactive ketones (excluding diaryl/α,β-unsaturated/α-hetero) is 1. The Morgan fingerprint density at radius 3 is 2.41 bits per heavy atom. The zero-order valence-corrected chi connectivity index (χ0v) is 29.1. The van der Waals surface area contributed by atoms with Gasteiger partial charge in [0.1, 0.15) is 17.5 Å². The first-order valence-corrected chi connectivity index (χ1v) is 17.2. The summed E-state index contributed by atoms with van der Waals surface area (Å²) < 4.78 is 22.0. The Bertz CT molecular complexity index is 1740. The van der Waals surface area contributed by atoms with Crippen molar-refractivity contribution in [2.45, 2.75) is 97.4 Å². The summed E-state index contributed by atoms with van der Waals surface area (Å²) in [7, 11) is 0. The normalized spacial score (nSPS) is 20.9. The molecule has 3 amide bonds. The van der Waals surface area contributed by atoms with Crippen LogP contribution in [-0.4, -0.2) is 91.3 Å². The Balaban J connectivity index is 0.00000468. The Kier molecular flexibility index (Phi) is 10.2. The van der Waals surface area contributed by atoms with Crippen LogP contribution in [0.5, 0.6) is 0 Å². The summed E-state index contributed by atoms with van der Waals surface area (Å²) >= 11 is 0. The van der Waals surface area contributed by atoms with E-state index in [0.29, 0.717) is 54.6 Å². The molecule has 3 atom stereocenters. The van der Waals surface area contributed by atoms with Crippen molar-refractivity contribution in [1.82, 2.24) is 24.3 Å². The number of hydrogen-bond donors (Lipinski definition) is 0. The number of nitrogens with zero attached hydrogens (tertiary/aromatic N) is 5. The second-order valence-electron chi connectivity index (χ2n) is 14.7. The first kappa shape index (κ1) is 35.9. The number of fused-ring (bicyclic) bond motifs is 3. The molecule has 0 radical (unpaired) electrons. The quantitative estimate of drug-likeness (QED) is 0.268. The van der Waals surface area contributed by atoms with Gasteiger partial charge in [0.15, 0.2) is 5.78 Å². The van der Waals surface area contributed by atoms with Crippen molar-refractivity contribution < 1.29 is 33.0 Å². The zero-order valence-electron chi connectivity index (χ0n) is 29.1. The summed E-state index contributed by atoms with van der Waals surface area (Å²) in [6.45, 7) is 12.5. The third-order valence-corrected chi connectivity index (χ3v) is 10.2. The minimum atomic E-state index is -0.651. The monoisotopic (exact) mass is 679 g/mol. The number of halogens is 2. The Morgan fingerprint density at radius 1 is 1.04 bits per heavy atom. The highest BCUT2D eigenvalue weighted by Crippen LogP contribution is 2.44. The molecule has 1 aliphatic carbocycles. The highest BCUT2D eigenvalue weighted by molar-refractivity contribution is 6.10. The summed E-state index contributed by atoms with van der Waals surface area (Å²) in [5.74, 6) is -1.10. The van der Waals surface area contributed by atoms with Crippen molar-refractivity contribution in [3.8, 4) is 5.69 Å². The molecule has 3 aliphatic rings. The summed E-state index contributed by atoms with van der Waals surface area (Å²) in [6, 6.07) is 5.34. The van der Waals surface area contributed by atoms with Crippen LogP contribution in [0, 0.1) is 17.7 Å². The van der Waals surface area contributed by atoms with Crippen molar-refractivity contribution in [3.63, 3.8) is 0 Å². The molecule has 0 N–H and O–H groups in total. The number of pyridine rings is 1. The van der Waals surface area contributed by atoms with Crippen LogP contribution >= 0.6 is 0 Å². The lowest BCUT2D eigenvalue weighted by atomic mass is 9.88. The third kappa shape index (κ3) is 6.78. The van der Waals surface area contributed by atoms with Crippen LogP contribution in [0.15, 0.2) is 42.9 Å². The highest BCUT2D eigenvalue weighted by Gasteiger charge is 2.53. The molecule has 1 aromatic carbocycles. The molecule has 3 aromatic rings. The number of hydrogen-bond acceptors (Lipinski definition) is 6. The average molecular weight is 680 g/mol. The molecular weight excluding hydrogens is 632 g/mol. The lowest BCUT2D eigenvalue weighted by molar-refractivity contribution is -0.139. The van der Waals surface area contributed by atoms with E-state index in [0.717, 1.165) is 19.3 Å². The van der Waals surface area contributed by atoms with E-state index in [4.69, 9.17) is 4.74 Å². The number of amides is 3. The Labute approximate surface area is 285 Å². The van der Waals surface area contributed by atoms with Gasteiger partial charge in [0.05, 0.1) is 23.0 Å². The molecule has 2 aromatic heterocycles. The van der Waals surface area contributed by atoms with Gasteiger partial charge in [-0.05, 0) is 104 Å². The fourth-order valence-corrected chi connectivity index (χ4v) is 7.91. The maximum atomic E-state index is 14.5. The van der Waals surface area contributed by atoms with Crippen LogP contribution in [0.25, 0.3) is 16.6 Å².